The molecule has 1 aliphatic rings. The lowest BCUT2D eigenvalue weighted by Gasteiger charge is -2.08. The molecule has 2 aromatic carbocycles. The summed E-state index contributed by atoms with van der Waals surface area (Å²) in [6, 6.07) is 13.4. The highest BCUT2D eigenvalue weighted by molar-refractivity contribution is 8.15. The SMILES string of the molecule is COC(=O)c1ccc(NC(=O)CC2S/C(=N/N=C(\C)c3ccc(Cl)cc3)NC2=O)cc1. The van der Waals surface area contributed by atoms with Crippen molar-refractivity contribution in [3.05, 3.63) is 64.7 Å². The van der Waals surface area contributed by atoms with E-state index in [1.54, 1.807) is 43.3 Å². The molecule has 0 radical (unpaired) electrons. The molecule has 1 saturated heterocycles. The van der Waals surface area contributed by atoms with Gasteiger partial charge in [0.15, 0.2) is 5.17 Å². The maximum atomic E-state index is 12.3. The number of anilines is 1. The van der Waals surface area contributed by atoms with Gasteiger partial charge in [-0.25, -0.2) is 4.79 Å². The first-order valence-corrected chi connectivity index (χ1v) is 10.5. The summed E-state index contributed by atoms with van der Waals surface area (Å²) in [5.74, 6) is -1.10. The van der Waals surface area contributed by atoms with Crippen LogP contribution >= 0.6 is 23.4 Å². The van der Waals surface area contributed by atoms with Crippen LogP contribution in [0.1, 0.15) is 29.3 Å². The molecule has 0 spiro atoms. The highest BCUT2D eigenvalue weighted by atomic mass is 35.5. The number of hydrogen-bond acceptors (Lipinski definition) is 7. The number of carbonyl (C=O) groups is 3. The second-order valence-corrected chi connectivity index (χ2v) is 8.14. The molecule has 0 saturated carbocycles. The number of halogens is 1. The Hall–Kier alpha value is -3.17. The Morgan fingerprint density at radius 2 is 1.77 bits per heavy atom. The highest BCUT2D eigenvalue weighted by Crippen LogP contribution is 2.23. The molecule has 31 heavy (non-hydrogen) atoms. The number of benzene rings is 2. The Balaban J connectivity index is 1.56. The predicted octanol–water partition coefficient (Wildman–Crippen LogP) is 3.47. The number of thioether (sulfide) groups is 1. The third kappa shape index (κ3) is 6.16. The minimum atomic E-state index is -0.612. The Labute approximate surface area is 188 Å². The van der Waals surface area contributed by atoms with Crippen LogP contribution in [0.4, 0.5) is 5.69 Å². The summed E-state index contributed by atoms with van der Waals surface area (Å²) in [6.45, 7) is 1.80. The molecule has 3 rings (SSSR count). The van der Waals surface area contributed by atoms with Crippen LogP contribution in [0.25, 0.3) is 0 Å². The molecule has 0 aliphatic carbocycles. The molecule has 1 heterocycles. The molecule has 2 amide bonds. The number of amidine groups is 1. The molecule has 1 fully saturated rings. The fraction of sp³-hybridized carbons (Fsp3) is 0.190. The normalized spacial score (nSPS) is 17.4. The maximum absolute atomic E-state index is 12.3. The summed E-state index contributed by atoms with van der Waals surface area (Å²) < 4.78 is 4.63. The Kier molecular flexibility index (Phi) is 7.43. The van der Waals surface area contributed by atoms with Crippen molar-refractivity contribution in [2.24, 2.45) is 10.2 Å². The average Bonchev–Trinajstić information content (AvgIpc) is 3.11. The molecule has 2 aromatic rings. The van der Waals surface area contributed by atoms with Gasteiger partial charge < -0.3 is 15.4 Å². The van der Waals surface area contributed by atoms with Crippen molar-refractivity contribution >= 4 is 57.7 Å². The van der Waals surface area contributed by atoms with E-state index in [4.69, 9.17) is 11.6 Å². The van der Waals surface area contributed by atoms with E-state index in [1.807, 2.05) is 12.1 Å². The summed E-state index contributed by atoms with van der Waals surface area (Å²) in [6.07, 6.45) is -0.0336. The number of nitrogens with one attached hydrogen (secondary N) is 2. The van der Waals surface area contributed by atoms with Gasteiger partial charge in [-0.05, 0) is 48.9 Å². The number of carbonyl (C=O) groups excluding carboxylic acids is 3. The number of hydrogen-bond donors (Lipinski definition) is 2. The smallest absolute Gasteiger partial charge is 0.337 e. The van der Waals surface area contributed by atoms with Crippen molar-refractivity contribution in [2.75, 3.05) is 12.4 Å². The number of esters is 1. The number of ether oxygens (including phenoxy) is 1. The lowest BCUT2D eigenvalue weighted by atomic mass is 10.1. The van der Waals surface area contributed by atoms with Gasteiger partial charge in [0.1, 0.15) is 5.25 Å². The van der Waals surface area contributed by atoms with E-state index in [9.17, 15) is 14.4 Å². The van der Waals surface area contributed by atoms with E-state index in [1.165, 1.54) is 7.11 Å². The molecule has 160 valence electrons. The summed E-state index contributed by atoms with van der Waals surface area (Å²) in [5.41, 5.74) is 2.41. The molecule has 1 unspecified atom stereocenters. The van der Waals surface area contributed by atoms with Crippen LogP contribution in [0.3, 0.4) is 0 Å². The first kappa shape index (κ1) is 22.5. The molecule has 10 heteroatoms. The van der Waals surface area contributed by atoms with E-state index in [0.717, 1.165) is 17.3 Å². The van der Waals surface area contributed by atoms with Crippen molar-refractivity contribution in [3.63, 3.8) is 0 Å². The van der Waals surface area contributed by atoms with E-state index in [-0.39, 0.29) is 18.2 Å². The number of amides is 2. The Bertz CT molecular complexity index is 1050. The standard InChI is InChI=1S/C21H19ClN4O4S/c1-12(13-3-7-15(22)8-4-13)25-26-21-24-19(28)17(31-21)11-18(27)23-16-9-5-14(6-10-16)20(29)30-2/h3-10,17H,11H2,1-2H3,(H,23,27)(H,24,26,28)/b25-12+. The van der Waals surface area contributed by atoms with Crippen molar-refractivity contribution in [1.82, 2.24) is 5.32 Å². The van der Waals surface area contributed by atoms with Gasteiger partial charge in [-0.3, -0.25) is 9.59 Å². The predicted molar refractivity (Wildman–Crippen MR) is 122 cm³/mol. The van der Waals surface area contributed by atoms with Gasteiger partial charge in [0.05, 0.1) is 18.4 Å². The van der Waals surface area contributed by atoms with Crippen molar-refractivity contribution in [2.45, 2.75) is 18.6 Å². The topological polar surface area (TPSA) is 109 Å². The minimum Gasteiger partial charge on any atom is -0.465 e. The third-order valence-corrected chi connectivity index (χ3v) is 5.61. The molecule has 8 nitrogen and oxygen atoms in total. The van der Waals surface area contributed by atoms with Crippen LogP contribution in [-0.2, 0) is 14.3 Å². The zero-order valence-electron chi connectivity index (χ0n) is 16.7. The highest BCUT2D eigenvalue weighted by Gasteiger charge is 2.32. The molecular weight excluding hydrogens is 440 g/mol. The van der Waals surface area contributed by atoms with Gasteiger partial charge in [-0.2, -0.15) is 5.10 Å². The molecule has 0 bridgehead atoms. The van der Waals surface area contributed by atoms with Crippen LogP contribution in [0.2, 0.25) is 5.02 Å². The zero-order chi connectivity index (χ0) is 22.4. The summed E-state index contributed by atoms with van der Waals surface area (Å²) in [4.78, 5) is 35.9. The second-order valence-electron chi connectivity index (χ2n) is 6.51. The van der Waals surface area contributed by atoms with Gasteiger partial charge in [-0.15, -0.1) is 5.10 Å². The molecular formula is C21H19ClN4O4S. The van der Waals surface area contributed by atoms with Crippen molar-refractivity contribution < 1.29 is 19.1 Å². The molecule has 0 aromatic heterocycles. The number of nitrogens with zero attached hydrogens (tertiary/aromatic N) is 2. The van der Waals surface area contributed by atoms with Gasteiger partial charge in [0, 0.05) is 17.1 Å². The fourth-order valence-electron chi connectivity index (χ4n) is 2.64. The summed E-state index contributed by atoms with van der Waals surface area (Å²) in [5, 5.41) is 13.9. The average molecular weight is 459 g/mol. The van der Waals surface area contributed by atoms with E-state index < -0.39 is 11.2 Å². The lowest BCUT2D eigenvalue weighted by molar-refractivity contribution is -0.122. The quantitative estimate of drug-likeness (QED) is 0.391. The maximum Gasteiger partial charge on any atom is 0.337 e. The van der Waals surface area contributed by atoms with Crippen LogP contribution in [0.5, 0.6) is 0 Å². The Morgan fingerprint density at radius 1 is 1.13 bits per heavy atom. The lowest BCUT2D eigenvalue weighted by Crippen LogP contribution is -2.28. The van der Waals surface area contributed by atoms with Crippen LogP contribution in [-0.4, -0.2) is 41.0 Å². The second kappa shape index (κ2) is 10.2. The van der Waals surface area contributed by atoms with Crippen molar-refractivity contribution in [1.29, 1.82) is 0 Å². The summed E-state index contributed by atoms with van der Waals surface area (Å²) >= 11 is 7.02. The fourth-order valence-corrected chi connectivity index (χ4v) is 3.69. The third-order valence-electron chi connectivity index (χ3n) is 4.29. The van der Waals surface area contributed by atoms with E-state index in [0.29, 0.717) is 27.2 Å². The molecule has 1 atom stereocenters. The first-order valence-electron chi connectivity index (χ1n) is 9.19. The zero-order valence-corrected chi connectivity index (χ0v) is 18.3. The molecule has 2 N–H and O–H groups in total. The summed E-state index contributed by atoms with van der Waals surface area (Å²) in [7, 11) is 1.30. The van der Waals surface area contributed by atoms with Gasteiger partial charge >= 0.3 is 5.97 Å². The van der Waals surface area contributed by atoms with E-state index in [2.05, 4.69) is 25.6 Å². The minimum absolute atomic E-state index is 0.0336. The van der Waals surface area contributed by atoms with Gasteiger partial charge in [-0.1, -0.05) is 35.5 Å². The first-order chi connectivity index (χ1) is 14.9. The Morgan fingerprint density at radius 3 is 2.42 bits per heavy atom. The molecule has 1 aliphatic heterocycles. The van der Waals surface area contributed by atoms with Crippen LogP contribution < -0.4 is 10.6 Å². The number of rotatable bonds is 6. The van der Waals surface area contributed by atoms with E-state index >= 15 is 0 Å². The van der Waals surface area contributed by atoms with Gasteiger partial charge in [0.2, 0.25) is 11.8 Å². The monoisotopic (exact) mass is 458 g/mol. The van der Waals surface area contributed by atoms with Gasteiger partial charge in [0.25, 0.3) is 0 Å². The number of methoxy groups -OCH3 is 1. The van der Waals surface area contributed by atoms with Crippen LogP contribution in [0, 0.1) is 0 Å². The van der Waals surface area contributed by atoms with Crippen molar-refractivity contribution in [3.8, 4) is 0 Å². The van der Waals surface area contributed by atoms with Crippen LogP contribution in [0.15, 0.2) is 58.7 Å². The largest absolute Gasteiger partial charge is 0.465 e.